The van der Waals surface area contributed by atoms with E-state index in [-0.39, 0.29) is 44.0 Å². The maximum absolute atomic E-state index is 14.5. The maximum atomic E-state index is 14.5. The molecule has 4 saturated heterocycles. The van der Waals surface area contributed by atoms with E-state index < -0.39 is 102 Å². The second-order valence-electron chi connectivity index (χ2n) is 15.8. The first-order chi connectivity index (χ1) is 28.2. The molecule has 7 amide bonds. The Bertz CT molecular complexity index is 2130. The lowest BCUT2D eigenvalue weighted by Gasteiger charge is -2.39. The van der Waals surface area contributed by atoms with E-state index in [4.69, 9.17) is 4.74 Å². The number of hydrogen-bond acceptors (Lipinski definition) is 9. The Balaban J connectivity index is 1.18. The molecule has 0 unspecified atom stereocenters. The number of urea groups is 1. The SMILES string of the molecule is C[C@@H]1C[C@H]2C(=O)OC[C@H](NC(=O)[C@H](Cc3cc(F)cc(F)c3)NC(=O)Nc3ccc4[nH]cnc4c3)C(=O)N3CCC[C@H]3C(=O)N3CCCC[C@H]3C(=O)N[C@@H](C)C(=O)N2C1. The number of anilines is 1. The standard InChI is InChI=1S/C40H47F2N9O8/c1-21-12-33-39(57)59-19-30(37(55)50-11-5-7-32(50)38(56)49-10-4-3-6-31(49)35(53)45-22(2)36(54)51(33)18-21)47-34(52)29(15-23-13-24(41)16-25(42)14-23)48-40(58)46-26-8-9-27-28(17-26)44-20-43-27/h8-9,13-14,16-17,20-22,29-33H,3-7,10-12,15,18-19H2,1-2H3,(H,43,44)(H,45,53)(H,47,52)(H2,46,48,58)/t21-,22+,29+,30+,31+,32+,33+/m1/s1. The highest BCUT2D eigenvalue weighted by atomic mass is 19.1. The number of aromatic amines is 1. The zero-order valence-corrected chi connectivity index (χ0v) is 32.7. The van der Waals surface area contributed by atoms with Crippen molar-refractivity contribution in [3.8, 4) is 0 Å². The van der Waals surface area contributed by atoms with E-state index in [1.54, 1.807) is 18.2 Å². The van der Waals surface area contributed by atoms with Crippen molar-refractivity contribution in [3.05, 3.63) is 59.9 Å². The Morgan fingerprint density at radius 2 is 1.61 bits per heavy atom. The minimum Gasteiger partial charge on any atom is -0.461 e. The molecule has 0 bridgehead atoms. The van der Waals surface area contributed by atoms with Crippen LogP contribution in [0.2, 0.25) is 0 Å². The van der Waals surface area contributed by atoms with Crippen molar-refractivity contribution < 1.29 is 47.1 Å². The second kappa shape index (κ2) is 17.4. The number of esters is 1. The molecule has 0 saturated carbocycles. The molecular weight excluding hydrogens is 772 g/mol. The van der Waals surface area contributed by atoms with E-state index in [2.05, 4.69) is 31.2 Å². The molecule has 0 radical (unpaired) electrons. The van der Waals surface area contributed by atoms with Crippen molar-refractivity contribution in [2.75, 3.05) is 31.6 Å². The predicted molar refractivity (Wildman–Crippen MR) is 206 cm³/mol. The summed E-state index contributed by atoms with van der Waals surface area (Å²) >= 11 is 0. The van der Waals surface area contributed by atoms with Gasteiger partial charge in [0.2, 0.25) is 29.5 Å². The minimum atomic E-state index is -1.60. The molecule has 2 aromatic carbocycles. The maximum Gasteiger partial charge on any atom is 0.328 e. The number of imidazole rings is 1. The summed E-state index contributed by atoms with van der Waals surface area (Å²) in [5.41, 5.74) is 1.59. The van der Waals surface area contributed by atoms with Crippen LogP contribution >= 0.6 is 0 Å². The largest absolute Gasteiger partial charge is 0.461 e. The smallest absolute Gasteiger partial charge is 0.328 e. The van der Waals surface area contributed by atoms with Gasteiger partial charge in [0.05, 0.1) is 17.4 Å². The van der Waals surface area contributed by atoms with E-state index in [0.717, 1.165) is 12.1 Å². The van der Waals surface area contributed by atoms with Gasteiger partial charge in [0, 0.05) is 37.8 Å². The Morgan fingerprint density at radius 1 is 0.881 bits per heavy atom. The molecule has 17 nitrogen and oxygen atoms in total. The van der Waals surface area contributed by atoms with Gasteiger partial charge in [0.15, 0.2) is 0 Å². The summed E-state index contributed by atoms with van der Waals surface area (Å²) in [5.74, 6) is -6.01. The van der Waals surface area contributed by atoms with Gasteiger partial charge < -0.3 is 45.7 Å². The number of nitrogens with zero attached hydrogens (tertiary/aromatic N) is 4. The number of aromatic nitrogens is 2. The normalized spacial score (nSPS) is 26.1. The third-order valence-corrected chi connectivity index (χ3v) is 11.4. The van der Waals surface area contributed by atoms with E-state index in [0.29, 0.717) is 48.5 Å². The number of halogens is 2. The van der Waals surface area contributed by atoms with Crippen LogP contribution in [0.3, 0.4) is 0 Å². The summed E-state index contributed by atoms with van der Waals surface area (Å²) in [6.07, 6.45) is 3.63. The number of hydrogen-bond donors (Lipinski definition) is 5. The fraction of sp³-hybridized carbons (Fsp3) is 0.500. The highest BCUT2D eigenvalue weighted by Crippen LogP contribution is 2.28. The molecule has 19 heteroatoms. The molecular formula is C40H47F2N9O8. The lowest BCUT2D eigenvalue weighted by molar-refractivity contribution is -0.158. The first kappa shape index (κ1) is 41.0. The average Bonchev–Trinajstić information content (AvgIpc) is 3.97. The topological polar surface area (TPSA) is 215 Å². The van der Waals surface area contributed by atoms with Gasteiger partial charge in [0.25, 0.3) is 0 Å². The number of cyclic esters (lactones) is 1. The van der Waals surface area contributed by atoms with Crippen LogP contribution in [0.1, 0.15) is 57.9 Å². The summed E-state index contributed by atoms with van der Waals surface area (Å²) < 4.78 is 34.3. The molecule has 3 aromatic rings. The summed E-state index contributed by atoms with van der Waals surface area (Å²) in [5, 5.41) is 10.5. The zero-order chi connectivity index (χ0) is 42.0. The van der Waals surface area contributed by atoms with Crippen molar-refractivity contribution in [2.45, 2.75) is 95.0 Å². The minimum absolute atomic E-state index is 0.0105. The van der Waals surface area contributed by atoms with Crippen LogP contribution in [0.5, 0.6) is 0 Å². The predicted octanol–water partition coefficient (Wildman–Crippen LogP) is 1.73. The average molecular weight is 820 g/mol. The molecule has 0 spiro atoms. The number of piperidine rings is 1. The molecule has 5 heterocycles. The second-order valence-corrected chi connectivity index (χ2v) is 15.8. The molecule has 7 atom stereocenters. The fourth-order valence-electron chi connectivity index (χ4n) is 8.50. The van der Waals surface area contributed by atoms with E-state index >= 15 is 0 Å². The van der Waals surface area contributed by atoms with Gasteiger partial charge in [-0.2, -0.15) is 0 Å². The summed E-state index contributed by atoms with van der Waals surface area (Å²) in [4.78, 5) is 109. The lowest BCUT2D eigenvalue weighted by atomic mass is 9.99. The van der Waals surface area contributed by atoms with E-state index in [1.807, 2.05) is 6.92 Å². The molecule has 1 aromatic heterocycles. The highest BCUT2D eigenvalue weighted by Gasteiger charge is 2.46. The third-order valence-electron chi connectivity index (χ3n) is 11.4. The fourth-order valence-corrected chi connectivity index (χ4v) is 8.50. The quantitative estimate of drug-likeness (QED) is 0.229. The first-order valence-electron chi connectivity index (χ1n) is 19.9. The Hall–Kier alpha value is -6.14. The number of rotatable bonds is 6. The van der Waals surface area contributed by atoms with Crippen LogP contribution in [0, 0.1) is 17.6 Å². The van der Waals surface area contributed by atoms with Crippen LogP contribution in [-0.2, 0) is 39.9 Å². The van der Waals surface area contributed by atoms with Gasteiger partial charge in [-0.25, -0.2) is 23.4 Å². The van der Waals surface area contributed by atoms with Crippen LogP contribution in [0.25, 0.3) is 11.0 Å². The molecule has 4 aliphatic heterocycles. The molecule has 7 rings (SSSR count). The molecule has 4 aliphatic rings. The summed E-state index contributed by atoms with van der Waals surface area (Å²) in [6.45, 7) is 3.25. The Kier molecular flexibility index (Phi) is 12.1. The number of carbonyl (C=O) groups is 7. The van der Waals surface area contributed by atoms with Crippen molar-refractivity contribution in [1.29, 1.82) is 0 Å². The van der Waals surface area contributed by atoms with Crippen LogP contribution in [0.15, 0.2) is 42.7 Å². The van der Waals surface area contributed by atoms with E-state index in [1.165, 1.54) is 28.0 Å². The van der Waals surface area contributed by atoms with Crippen molar-refractivity contribution in [1.82, 2.24) is 40.6 Å². The molecule has 5 N–H and O–H groups in total. The number of benzene rings is 2. The molecule has 314 valence electrons. The third kappa shape index (κ3) is 9.13. The highest BCUT2D eigenvalue weighted by molar-refractivity contribution is 5.99. The first-order valence-corrected chi connectivity index (χ1v) is 19.9. The Morgan fingerprint density at radius 3 is 2.39 bits per heavy atom. The zero-order valence-electron chi connectivity index (χ0n) is 32.7. The van der Waals surface area contributed by atoms with Crippen molar-refractivity contribution >= 4 is 58.3 Å². The number of H-pyrrole nitrogens is 1. The van der Waals surface area contributed by atoms with E-state index in [9.17, 15) is 42.3 Å². The Labute approximate surface area is 337 Å². The van der Waals surface area contributed by atoms with Gasteiger partial charge in [-0.05, 0) is 87.3 Å². The van der Waals surface area contributed by atoms with Crippen LogP contribution in [-0.4, -0.2) is 129 Å². The molecule has 0 aliphatic carbocycles. The molecule has 4 fully saturated rings. The van der Waals surface area contributed by atoms with Gasteiger partial charge in [-0.15, -0.1) is 0 Å². The number of fused-ring (bicyclic) bond motifs is 4. The van der Waals surface area contributed by atoms with Gasteiger partial charge in [-0.1, -0.05) is 6.92 Å². The van der Waals surface area contributed by atoms with Crippen LogP contribution < -0.4 is 21.3 Å². The van der Waals surface area contributed by atoms with Crippen molar-refractivity contribution in [3.63, 3.8) is 0 Å². The molecule has 59 heavy (non-hydrogen) atoms. The summed E-state index contributed by atoms with van der Waals surface area (Å²) in [7, 11) is 0. The van der Waals surface area contributed by atoms with Crippen molar-refractivity contribution in [2.24, 2.45) is 5.92 Å². The van der Waals surface area contributed by atoms with Gasteiger partial charge in [0.1, 0.15) is 54.5 Å². The number of nitrogens with one attached hydrogen (secondary N) is 5. The number of carbonyl (C=O) groups excluding carboxylic acids is 7. The van der Waals surface area contributed by atoms with Crippen LogP contribution in [0.4, 0.5) is 19.3 Å². The van der Waals surface area contributed by atoms with Gasteiger partial charge >= 0.3 is 12.0 Å². The van der Waals surface area contributed by atoms with Gasteiger partial charge in [-0.3, -0.25) is 24.0 Å². The number of amides is 7. The lowest BCUT2D eigenvalue weighted by Crippen LogP contribution is -2.62. The monoisotopic (exact) mass is 819 g/mol. The number of ether oxygens (including phenoxy) is 1. The summed E-state index contributed by atoms with van der Waals surface area (Å²) in [6, 6.07) is -0.471.